The Morgan fingerprint density at radius 1 is 1.21 bits per heavy atom. The zero-order chi connectivity index (χ0) is 14.1. The molecular weight excluding hydrogens is 238 g/mol. The van der Waals surface area contributed by atoms with Crippen molar-refractivity contribution in [1.29, 1.82) is 0 Å². The van der Waals surface area contributed by atoms with Crippen LogP contribution in [0.2, 0.25) is 0 Å². The molecule has 0 aromatic heterocycles. The molecule has 1 aliphatic rings. The number of nitrogens with one attached hydrogen (secondary N) is 1. The summed E-state index contributed by atoms with van der Waals surface area (Å²) in [4.78, 5) is 11.2. The normalized spacial score (nSPS) is 27.2. The third-order valence-corrected chi connectivity index (χ3v) is 4.20. The summed E-state index contributed by atoms with van der Waals surface area (Å²) in [6.07, 6.45) is 7.86. The van der Waals surface area contributed by atoms with Crippen LogP contribution in [0.1, 0.15) is 65.7 Å². The first kappa shape index (κ1) is 16.5. The minimum atomic E-state index is -0.0506. The largest absolute Gasteiger partial charge is 0.466 e. The van der Waals surface area contributed by atoms with E-state index in [1.54, 1.807) is 0 Å². The first-order chi connectivity index (χ1) is 9.13. The average Bonchev–Trinajstić information content (AvgIpc) is 2.36. The summed E-state index contributed by atoms with van der Waals surface area (Å²) in [6.45, 7) is 8.18. The quantitative estimate of drug-likeness (QED) is 0.541. The van der Waals surface area contributed by atoms with Gasteiger partial charge in [0.15, 0.2) is 0 Å². The highest BCUT2D eigenvalue weighted by atomic mass is 16.5. The molecule has 0 aliphatic heterocycles. The van der Waals surface area contributed by atoms with E-state index in [1.807, 2.05) is 6.92 Å². The molecule has 112 valence electrons. The number of carbonyl (C=O) groups is 1. The van der Waals surface area contributed by atoms with Gasteiger partial charge in [0.1, 0.15) is 0 Å². The van der Waals surface area contributed by atoms with Crippen LogP contribution in [0.3, 0.4) is 0 Å². The van der Waals surface area contributed by atoms with Gasteiger partial charge in [0.25, 0.3) is 0 Å². The van der Waals surface area contributed by atoms with E-state index in [4.69, 9.17) is 4.74 Å². The van der Waals surface area contributed by atoms with Crippen molar-refractivity contribution in [2.45, 2.75) is 71.8 Å². The van der Waals surface area contributed by atoms with Crippen molar-refractivity contribution in [3.05, 3.63) is 0 Å². The minimum absolute atomic E-state index is 0.0506. The number of unbranched alkanes of at least 4 members (excludes halogenated alkanes) is 2. The third-order valence-electron chi connectivity index (χ3n) is 4.20. The highest BCUT2D eigenvalue weighted by Gasteiger charge is 2.24. The second-order valence-electron chi connectivity index (χ2n) is 6.07. The first-order valence-corrected chi connectivity index (χ1v) is 8.02. The molecule has 0 radical (unpaired) electrons. The van der Waals surface area contributed by atoms with Gasteiger partial charge < -0.3 is 10.1 Å². The topological polar surface area (TPSA) is 38.3 Å². The van der Waals surface area contributed by atoms with Gasteiger partial charge in [-0.1, -0.05) is 20.3 Å². The van der Waals surface area contributed by atoms with Gasteiger partial charge in [-0.15, -0.1) is 0 Å². The van der Waals surface area contributed by atoms with Crippen LogP contribution in [-0.4, -0.2) is 25.2 Å². The maximum absolute atomic E-state index is 11.2. The van der Waals surface area contributed by atoms with Crippen LogP contribution in [0.5, 0.6) is 0 Å². The van der Waals surface area contributed by atoms with Crippen molar-refractivity contribution < 1.29 is 9.53 Å². The second kappa shape index (κ2) is 9.35. The van der Waals surface area contributed by atoms with E-state index >= 15 is 0 Å². The number of esters is 1. The van der Waals surface area contributed by atoms with Crippen LogP contribution in [0, 0.1) is 11.8 Å². The van der Waals surface area contributed by atoms with Gasteiger partial charge in [0, 0.05) is 12.5 Å². The van der Waals surface area contributed by atoms with Crippen LogP contribution < -0.4 is 5.32 Å². The Balaban J connectivity index is 1.97. The second-order valence-corrected chi connectivity index (χ2v) is 6.07. The third kappa shape index (κ3) is 6.95. The molecule has 19 heavy (non-hydrogen) atoms. The standard InChI is InChI=1S/C16H31NO2/c1-4-19-16(18)8-6-5-7-11-17-15-10-9-13(2)12-14(15)3/h13-15,17H,4-12H2,1-3H3. The van der Waals surface area contributed by atoms with Crippen LogP contribution in [0.25, 0.3) is 0 Å². The molecule has 0 aromatic rings. The Morgan fingerprint density at radius 3 is 2.68 bits per heavy atom. The number of rotatable bonds is 8. The molecule has 1 aliphatic carbocycles. The molecule has 3 nitrogen and oxygen atoms in total. The summed E-state index contributed by atoms with van der Waals surface area (Å²) in [5, 5.41) is 3.69. The molecule has 0 heterocycles. The Labute approximate surface area is 118 Å². The molecule has 0 amide bonds. The molecule has 0 bridgehead atoms. The van der Waals surface area contributed by atoms with E-state index in [1.165, 1.54) is 19.3 Å². The van der Waals surface area contributed by atoms with E-state index in [0.29, 0.717) is 19.1 Å². The molecule has 1 fully saturated rings. The lowest BCUT2D eigenvalue weighted by Crippen LogP contribution is -2.39. The van der Waals surface area contributed by atoms with E-state index < -0.39 is 0 Å². The Bertz CT molecular complexity index is 255. The number of hydrogen-bond acceptors (Lipinski definition) is 3. The summed E-state index contributed by atoms with van der Waals surface area (Å²) in [6, 6.07) is 0.709. The van der Waals surface area contributed by atoms with Crippen LogP contribution in [-0.2, 0) is 9.53 Å². The molecule has 3 heteroatoms. The van der Waals surface area contributed by atoms with Gasteiger partial charge in [0.2, 0.25) is 0 Å². The maximum atomic E-state index is 11.2. The van der Waals surface area contributed by atoms with E-state index in [2.05, 4.69) is 19.2 Å². The van der Waals surface area contributed by atoms with E-state index in [9.17, 15) is 4.79 Å². The molecule has 1 N–H and O–H groups in total. The van der Waals surface area contributed by atoms with Gasteiger partial charge in [-0.05, 0) is 57.4 Å². The van der Waals surface area contributed by atoms with Crippen LogP contribution in [0.15, 0.2) is 0 Å². The first-order valence-electron chi connectivity index (χ1n) is 8.02. The lowest BCUT2D eigenvalue weighted by molar-refractivity contribution is -0.143. The zero-order valence-corrected chi connectivity index (χ0v) is 12.9. The molecule has 0 saturated heterocycles. The molecule has 1 saturated carbocycles. The molecule has 3 atom stereocenters. The van der Waals surface area contributed by atoms with Crippen molar-refractivity contribution in [3.63, 3.8) is 0 Å². The summed E-state index contributed by atoms with van der Waals surface area (Å²) in [5.41, 5.74) is 0. The average molecular weight is 269 g/mol. The lowest BCUT2D eigenvalue weighted by Gasteiger charge is -2.33. The predicted octanol–water partition coefficient (Wildman–Crippen LogP) is 3.52. The maximum Gasteiger partial charge on any atom is 0.305 e. The van der Waals surface area contributed by atoms with Crippen LogP contribution in [0.4, 0.5) is 0 Å². The van der Waals surface area contributed by atoms with Crippen molar-refractivity contribution in [1.82, 2.24) is 5.32 Å². The summed E-state index contributed by atoms with van der Waals surface area (Å²) in [7, 11) is 0. The fourth-order valence-electron chi connectivity index (χ4n) is 3.06. The Kier molecular flexibility index (Phi) is 8.11. The van der Waals surface area contributed by atoms with Gasteiger partial charge in [-0.25, -0.2) is 0 Å². The van der Waals surface area contributed by atoms with Crippen LogP contribution >= 0.6 is 0 Å². The molecule has 0 spiro atoms. The van der Waals surface area contributed by atoms with Crippen molar-refractivity contribution in [2.24, 2.45) is 11.8 Å². The van der Waals surface area contributed by atoms with Crippen molar-refractivity contribution in [2.75, 3.05) is 13.2 Å². The summed E-state index contributed by atoms with van der Waals surface area (Å²) in [5.74, 6) is 1.66. The number of ether oxygens (including phenoxy) is 1. The highest BCUT2D eigenvalue weighted by molar-refractivity contribution is 5.69. The van der Waals surface area contributed by atoms with E-state index in [-0.39, 0.29) is 5.97 Å². The smallest absolute Gasteiger partial charge is 0.305 e. The number of carbonyl (C=O) groups excluding carboxylic acids is 1. The summed E-state index contributed by atoms with van der Waals surface area (Å²) >= 11 is 0. The molecule has 3 unspecified atom stereocenters. The summed E-state index contributed by atoms with van der Waals surface area (Å²) < 4.78 is 4.91. The van der Waals surface area contributed by atoms with E-state index in [0.717, 1.165) is 37.6 Å². The number of hydrogen-bond donors (Lipinski definition) is 1. The van der Waals surface area contributed by atoms with Crippen molar-refractivity contribution >= 4 is 5.97 Å². The molecule has 0 aromatic carbocycles. The van der Waals surface area contributed by atoms with Crippen molar-refractivity contribution in [3.8, 4) is 0 Å². The Morgan fingerprint density at radius 2 is 2.00 bits per heavy atom. The highest BCUT2D eigenvalue weighted by Crippen LogP contribution is 2.28. The van der Waals surface area contributed by atoms with Gasteiger partial charge in [-0.3, -0.25) is 4.79 Å². The fourth-order valence-corrected chi connectivity index (χ4v) is 3.06. The zero-order valence-electron chi connectivity index (χ0n) is 12.9. The fraction of sp³-hybridized carbons (Fsp3) is 0.938. The molecule has 1 rings (SSSR count). The van der Waals surface area contributed by atoms with Gasteiger partial charge >= 0.3 is 5.97 Å². The Hall–Kier alpha value is -0.570. The SMILES string of the molecule is CCOC(=O)CCCCCNC1CCC(C)CC1C. The molecular formula is C16H31NO2. The predicted molar refractivity (Wildman–Crippen MR) is 79.1 cm³/mol. The lowest BCUT2D eigenvalue weighted by atomic mass is 9.80. The van der Waals surface area contributed by atoms with Gasteiger partial charge in [-0.2, -0.15) is 0 Å². The minimum Gasteiger partial charge on any atom is -0.466 e. The monoisotopic (exact) mass is 269 g/mol. The van der Waals surface area contributed by atoms with Gasteiger partial charge in [0.05, 0.1) is 6.61 Å².